The molecule has 0 aromatic heterocycles. The number of primary amides is 1. The number of hydrogen-bond donors (Lipinski definition) is 2. The fourth-order valence-electron chi connectivity index (χ4n) is 1.92. The largest absolute Gasteiger partial charge is 0.381 e. The van der Waals surface area contributed by atoms with Gasteiger partial charge >= 0.3 is 0 Å². The predicted molar refractivity (Wildman–Crippen MR) is 83.0 cm³/mol. The molecule has 0 fully saturated rings. The number of rotatable bonds is 5. The van der Waals surface area contributed by atoms with Crippen LogP contribution in [0.2, 0.25) is 0 Å². The van der Waals surface area contributed by atoms with E-state index in [-0.39, 0.29) is 5.56 Å². The van der Waals surface area contributed by atoms with Gasteiger partial charge in [0.25, 0.3) is 0 Å². The van der Waals surface area contributed by atoms with E-state index in [0.717, 1.165) is 17.4 Å². The van der Waals surface area contributed by atoms with Crippen molar-refractivity contribution in [3.63, 3.8) is 0 Å². The molecule has 0 heterocycles. The van der Waals surface area contributed by atoms with Crippen LogP contribution in [0.4, 0.5) is 15.8 Å². The monoisotopic (exact) mass is 287 g/mol. The number of nitrogens with one attached hydrogen (secondary N) is 1. The Labute approximate surface area is 123 Å². The maximum Gasteiger partial charge on any atom is 0.248 e. The van der Waals surface area contributed by atoms with Crippen LogP contribution >= 0.6 is 0 Å². The van der Waals surface area contributed by atoms with Crippen molar-refractivity contribution in [1.29, 1.82) is 0 Å². The summed E-state index contributed by atoms with van der Waals surface area (Å²) in [4.78, 5) is 13.0. The molecule has 0 bridgehead atoms. The van der Waals surface area contributed by atoms with Crippen molar-refractivity contribution in [1.82, 2.24) is 0 Å². The van der Waals surface area contributed by atoms with E-state index in [1.165, 1.54) is 6.07 Å². The van der Waals surface area contributed by atoms with Crippen LogP contribution in [0.5, 0.6) is 0 Å². The summed E-state index contributed by atoms with van der Waals surface area (Å²) in [5, 5.41) is 3.14. The molecule has 1 amide bonds. The number of benzene rings is 2. The van der Waals surface area contributed by atoms with Crippen LogP contribution in [0.15, 0.2) is 42.5 Å². The molecule has 2 rings (SSSR count). The molecule has 0 atom stereocenters. The van der Waals surface area contributed by atoms with Crippen molar-refractivity contribution < 1.29 is 9.18 Å². The summed E-state index contributed by atoms with van der Waals surface area (Å²) in [5.74, 6) is -1.07. The summed E-state index contributed by atoms with van der Waals surface area (Å²) in [6, 6.07) is 12.1. The van der Waals surface area contributed by atoms with Gasteiger partial charge in [0.15, 0.2) is 0 Å². The summed E-state index contributed by atoms with van der Waals surface area (Å²) < 4.78 is 13.8. The highest BCUT2D eigenvalue weighted by molar-refractivity contribution is 5.92. The van der Waals surface area contributed by atoms with Gasteiger partial charge in [0, 0.05) is 43.1 Å². The number of carbonyl (C=O) groups excluding carboxylic acids is 1. The van der Waals surface area contributed by atoms with Crippen LogP contribution in [-0.4, -0.2) is 20.0 Å². The molecule has 0 spiro atoms. The van der Waals surface area contributed by atoms with Gasteiger partial charge in [-0.15, -0.1) is 0 Å². The second-order valence-electron chi connectivity index (χ2n) is 4.97. The van der Waals surface area contributed by atoms with Crippen LogP contribution in [0, 0.1) is 5.82 Å². The zero-order valence-corrected chi connectivity index (χ0v) is 12.1. The molecule has 5 heteroatoms. The molecule has 0 saturated carbocycles. The van der Waals surface area contributed by atoms with Crippen molar-refractivity contribution in [3.05, 3.63) is 59.4 Å². The third kappa shape index (κ3) is 3.72. The molecule has 2 aromatic carbocycles. The normalized spacial score (nSPS) is 10.2. The van der Waals surface area contributed by atoms with E-state index in [1.807, 2.05) is 43.3 Å². The van der Waals surface area contributed by atoms with Crippen LogP contribution in [0.25, 0.3) is 0 Å². The van der Waals surface area contributed by atoms with E-state index < -0.39 is 11.7 Å². The van der Waals surface area contributed by atoms with Crippen LogP contribution < -0.4 is 16.0 Å². The molecule has 0 aliphatic heterocycles. The highest BCUT2D eigenvalue weighted by Gasteiger charge is 2.07. The summed E-state index contributed by atoms with van der Waals surface area (Å²) >= 11 is 0. The Hall–Kier alpha value is -2.56. The smallest absolute Gasteiger partial charge is 0.248 e. The Balaban J connectivity index is 2.04. The van der Waals surface area contributed by atoms with Crippen molar-refractivity contribution >= 4 is 17.3 Å². The highest BCUT2D eigenvalue weighted by Crippen LogP contribution is 2.17. The summed E-state index contributed by atoms with van der Waals surface area (Å²) in [5.41, 5.74) is 7.76. The zero-order valence-electron chi connectivity index (χ0n) is 12.1. The first-order chi connectivity index (χ1) is 9.97. The maximum absolute atomic E-state index is 13.8. The predicted octanol–water partition coefficient (Wildman–Crippen LogP) is 2.60. The number of halogens is 1. The molecule has 0 aliphatic rings. The average molecular weight is 287 g/mol. The number of nitrogens with two attached hydrogens (primary N) is 1. The van der Waals surface area contributed by atoms with Gasteiger partial charge in [0.2, 0.25) is 5.91 Å². The van der Waals surface area contributed by atoms with Crippen molar-refractivity contribution in [2.45, 2.75) is 6.54 Å². The molecule has 4 nitrogen and oxygen atoms in total. The van der Waals surface area contributed by atoms with Crippen LogP contribution in [-0.2, 0) is 6.54 Å². The molecule has 2 aromatic rings. The molecule has 0 aliphatic carbocycles. The topological polar surface area (TPSA) is 58.4 Å². The second-order valence-corrected chi connectivity index (χ2v) is 4.97. The Kier molecular flexibility index (Phi) is 4.42. The zero-order chi connectivity index (χ0) is 15.4. The lowest BCUT2D eigenvalue weighted by Crippen LogP contribution is -2.12. The van der Waals surface area contributed by atoms with Crippen LogP contribution in [0.1, 0.15) is 15.9 Å². The minimum absolute atomic E-state index is 0.173. The van der Waals surface area contributed by atoms with E-state index in [4.69, 9.17) is 5.73 Å². The third-order valence-corrected chi connectivity index (χ3v) is 3.20. The van der Waals surface area contributed by atoms with Gasteiger partial charge in [0.05, 0.1) is 0 Å². The fourth-order valence-corrected chi connectivity index (χ4v) is 1.92. The van der Waals surface area contributed by atoms with E-state index in [2.05, 4.69) is 5.32 Å². The molecular weight excluding hydrogens is 269 g/mol. The fraction of sp³-hybridized carbons (Fsp3) is 0.188. The van der Waals surface area contributed by atoms with Crippen molar-refractivity contribution in [3.8, 4) is 0 Å². The third-order valence-electron chi connectivity index (χ3n) is 3.20. The molecule has 0 radical (unpaired) electrons. The molecule has 21 heavy (non-hydrogen) atoms. The highest BCUT2D eigenvalue weighted by atomic mass is 19.1. The molecule has 110 valence electrons. The Morgan fingerprint density at radius 3 is 2.38 bits per heavy atom. The first kappa shape index (κ1) is 14.8. The summed E-state index contributed by atoms with van der Waals surface area (Å²) in [7, 11) is 3.94. The number of hydrogen-bond acceptors (Lipinski definition) is 3. The molecule has 0 unspecified atom stereocenters. The lowest BCUT2D eigenvalue weighted by Gasteiger charge is -2.13. The van der Waals surface area contributed by atoms with Gasteiger partial charge in [0.1, 0.15) is 5.82 Å². The molecular formula is C16H18FN3O. The van der Waals surface area contributed by atoms with E-state index in [9.17, 15) is 9.18 Å². The van der Waals surface area contributed by atoms with Crippen LogP contribution in [0.3, 0.4) is 0 Å². The first-order valence-electron chi connectivity index (χ1n) is 6.57. The Morgan fingerprint density at radius 1 is 1.19 bits per heavy atom. The minimum Gasteiger partial charge on any atom is -0.381 e. The quantitative estimate of drug-likeness (QED) is 0.888. The Morgan fingerprint density at radius 2 is 1.86 bits per heavy atom. The number of anilines is 2. The standard InChI is InChI=1S/C16H18FN3O/c1-20(2)14-7-5-13(6-8-14)19-10-12-4-3-11(16(18)21)9-15(12)17/h3-9,19H,10H2,1-2H3,(H2,18,21). The maximum atomic E-state index is 13.8. The minimum atomic E-state index is -0.632. The van der Waals surface area contributed by atoms with Gasteiger partial charge in [-0.25, -0.2) is 4.39 Å². The van der Waals surface area contributed by atoms with Crippen molar-refractivity contribution in [2.75, 3.05) is 24.3 Å². The number of amides is 1. The van der Waals surface area contributed by atoms with Crippen molar-refractivity contribution in [2.24, 2.45) is 5.73 Å². The van der Waals surface area contributed by atoms with Gasteiger partial charge < -0.3 is 16.0 Å². The van der Waals surface area contributed by atoms with E-state index in [0.29, 0.717) is 12.1 Å². The SMILES string of the molecule is CN(C)c1ccc(NCc2ccc(C(N)=O)cc2F)cc1. The Bertz CT molecular complexity index is 638. The first-order valence-corrected chi connectivity index (χ1v) is 6.57. The second kappa shape index (κ2) is 6.26. The van der Waals surface area contributed by atoms with E-state index >= 15 is 0 Å². The van der Waals surface area contributed by atoms with Gasteiger partial charge in [-0.1, -0.05) is 6.07 Å². The summed E-state index contributed by atoms with van der Waals surface area (Å²) in [6.45, 7) is 0.339. The molecule has 3 N–H and O–H groups in total. The van der Waals surface area contributed by atoms with Gasteiger partial charge in [-0.2, -0.15) is 0 Å². The molecule has 0 saturated heterocycles. The lowest BCUT2D eigenvalue weighted by atomic mass is 10.1. The lowest BCUT2D eigenvalue weighted by molar-refractivity contribution is 0.1000. The van der Waals surface area contributed by atoms with E-state index in [1.54, 1.807) is 6.07 Å². The average Bonchev–Trinajstić information content (AvgIpc) is 2.46. The number of nitrogens with zero attached hydrogens (tertiary/aromatic N) is 1. The van der Waals surface area contributed by atoms with Gasteiger partial charge in [-0.05, 0) is 36.4 Å². The number of carbonyl (C=O) groups is 1. The summed E-state index contributed by atoms with van der Waals surface area (Å²) in [6.07, 6.45) is 0. The van der Waals surface area contributed by atoms with Gasteiger partial charge in [-0.3, -0.25) is 4.79 Å².